The molecule has 3 heterocycles. The van der Waals surface area contributed by atoms with Crippen LogP contribution in [0, 0.1) is 0 Å². The number of hydrogen-bond acceptors (Lipinski definition) is 10. The summed E-state index contributed by atoms with van der Waals surface area (Å²) in [6.07, 6.45) is 2.21. The Morgan fingerprint density at radius 3 is 2.52 bits per heavy atom. The van der Waals surface area contributed by atoms with E-state index >= 15 is 0 Å². The van der Waals surface area contributed by atoms with E-state index in [2.05, 4.69) is 44.0 Å². The average Bonchev–Trinajstić information content (AvgIpc) is 3.57. The Morgan fingerprint density at radius 1 is 0.978 bits per heavy atom. The number of anilines is 5. The molecular formula is C34H36FN7O4. The van der Waals surface area contributed by atoms with Crippen molar-refractivity contribution in [3.63, 3.8) is 0 Å². The normalized spacial score (nSPS) is 16.6. The van der Waals surface area contributed by atoms with E-state index in [1.54, 1.807) is 24.3 Å². The molecular weight excluding hydrogens is 589 g/mol. The number of nitrogens with zero attached hydrogens (tertiary/aromatic N) is 5. The fourth-order valence-electron chi connectivity index (χ4n) is 5.52. The lowest BCUT2D eigenvalue weighted by molar-refractivity contribution is -0.114. The van der Waals surface area contributed by atoms with Crippen molar-refractivity contribution in [1.29, 1.82) is 0 Å². The molecule has 2 aliphatic rings. The second-order valence-corrected chi connectivity index (χ2v) is 11.1. The highest BCUT2D eigenvalue weighted by Gasteiger charge is 2.30. The Balaban J connectivity index is 1.26. The summed E-state index contributed by atoms with van der Waals surface area (Å²) in [6, 6.07) is 22.8. The van der Waals surface area contributed by atoms with E-state index < -0.39 is 11.7 Å². The molecule has 0 saturated carbocycles. The molecule has 12 heteroatoms. The summed E-state index contributed by atoms with van der Waals surface area (Å²) in [5.74, 6) is 1.06. The lowest BCUT2D eigenvalue weighted by atomic mass is 10.0. The van der Waals surface area contributed by atoms with Crippen LogP contribution in [-0.2, 0) is 9.63 Å². The van der Waals surface area contributed by atoms with E-state index in [0.717, 1.165) is 55.3 Å². The van der Waals surface area contributed by atoms with Crippen molar-refractivity contribution < 1.29 is 23.5 Å². The van der Waals surface area contributed by atoms with Crippen molar-refractivity contribution >= 4 is 34.6 Å². The first kappa shape index (κ1) is 30.8. The van der Waals surface area contributed by atoms with Gasteiger partial charge in [-0.25, -0.2) is 19.4 Å². The number of piperazine rings is 1. The first-order valence-electron chi connectivity index (χ1n) is 15.0. The molecule has 11 nitrogen and oxygen atoms in total. The molecule has 0 radical (unpaired) electrons. The van der Waals surface area contributed by atoms with Crippen molar-refractivity contribution in [2.45, 2.75) is 12.5 Å². The van der Waals surface area contributed by atoms with Gasteiger partial charge in [0.15, 0.2) is 11.6 Å². The van der Waals surface area contributed by atoms with Crippen LogP contribution in [-0.4, -0.2) is 67.7 Å². The van der Waals surface area contributed by atoms with Crippen LogP contribution in [0.2, 0.25) is 0 Å². The molecule has 4 aromatic rings. The number of nitrogens with one attached hydrogen (secondary N) is 2. The Morgan fingerprint density at radius 2 is 1.76 bits per heavy atom. The monoisotopic (exact) mass is 625 g/mol. The van der Waals surface area contributed by atoms with E-state index in [9.17, 15) is 9.18 Å². The largest absolute Gasteiger partial charge is 0.494 e. The van der Waals surface area contributed by atoms with Crippen molar-refractivity contribution in [3.8, 4) is 17.2 Å². The second-order valence-electron chi connectivity index (χ2n) is 11.1. The maximum Gasteiger partial charge on any atom is 0.283 e. The summed E-state index contributed by atoms with van der Waals surface area (Å²) in [4.78, 5) is 31.7. The quantitative estimate of drug-likeness (QED) is 0.202. The molecule has 46 heavy (non-hydrogen) atoms. The number of amides is 1. The van der Waals surface area contributed by atoms with E-state index in [-0.39, 0.29) is 6.04 Å². The third-order valence-corrected chi connectivity index (χ3v) is 7.92. The van der Waals surface area contributed by atoms with Crippen molar-refractivity contribution in [2.24, 2.45) is 0 Å². The summed E-state index contributed by atoms with van der Waals surface area (Å²) >= 11 is 0. The molecule has 1 aromatic heterocycles. The summed E-state index contributed by atoms with van der Waals surface area (Å²) in [7, 11) is 3.63. The van der Waals surface area contributed by atoms with Crippen molar-refractivity contribution in [3.05, 3.63) is 97.1 Å². The first-order chi connectivity index (χ1) is 22.4. The molecule has 0 aliphatic carbocycles. The number of aromatic nitrogens is 2. The van der Waals surface area contributed by atoms with Gasteiger partial charge in [0.25, 0.3) is 5.91 Å². The smallest absolute Gasteiger partial charge is 0.283 e. The first-order valence-corrected chi connectivity index (χ1v) is 15.0. The van der Waals surface area contributed by atoms with Gasteiger partial charge in [-0.3, -0.25) is 9.63 Å². The number of hydrogen-bond donors (Lipinski definition) is 2. The summed E-state index contributed by atoms with van der Waals surface area (Å²) in [5, 5.41) is 7.72. The molecule has 2 aliphatic heterocycles. The predicted molar refractivity (Wildman–Crippen MR) is 176 cm³/mol. The molecule has 6 rings (SSSR count). The molecule has 0 unspecified atom stereocenters. The van der Waals surface area contributed by atoms with Gasteiger partial charge in [0, 0.05) is 44.7 Å². The van der Waals surface area contributed by atoms with Crippen LogP contribution >= 0.6 is 0 Å². The Labute approximate surface area is 267 Å². The predicted octanol–water partition coefficient (Wildman–Crippen LogP) is 6.08. The van der Waals surface area contributed by atoms with Crippen LogP contribution in [0.1, 0.15) is 18.0 Å². The van der Waals surface area contributed by atoms with Gasteiger partial charge in [0.2, 0.25) is 0 Å². The number of ether oxygens (including phenoxy) is 2. The molecule has 0 bridgehead atoms. The van der Waals surface area contributed by atoms with Gasteiger partial charge in [0.05, 0.1) is 36.8 Å². The minimum atomic E-state index is -1.08. The van der Waals surface area contributed by atoms with Crippen LogP contribution in [0.15, 0.2) is 91.5 Å². The molecule has 238 valence electrons. The van der Waals surface area contributed by atoms with Crippen LogP contribution in [0.4, 0.5) is 33.1 Å². The van der Waals surface area contributed by atoms with Gasteiger partial charge in [-0.05, 0) is 42.9 Å². The summed E-state index contributed by atoms with van der Waals surface area (Å²) in [6.45, 7) is 6.83. The highest BCUT2D eigenvalue weighted by molar-refractivity contribution is 6.04. The summed E-state index contributed by atoms with van der Waals surface area (Å²) in [5.41, 5.74) is 2.69. The lowest BCUT2D eigenvalue weighted by Crippen LogP contribution is -2.44. The van der Waals surface area contributed by atoms with Crippen LogP contribution in [0.5, 0.6) is 17.2 Å². The Bertz CT molecular complexity index is 1700. The maximum absolute atomic E-state index is 13.8. The number of benzene rings is 3. The van der Waals surface area contributed by atoms with Crippen LogP contribution < -0.4 is 30.1 Å². The summed E-state index contributed by atoms with van der Waals surface area (Å²) < 4.78 is 25.6. The zero-order valence-electron chi connectivity index (χ0n) is 25.8. The Hall–Kier alpha value is -5.20. The molecule has 3 aromatic carbocycles. The highest BCUT2D eigenvalue weighted by Crippen LogP contribution is 2.40. The van der Waals surface area contributed by atoms with Gasteiger partial charge in [-0.2, -0.15) is 0 Å². The highest BCUT2D eigenvalue weighted by atomic mass is 19.1. The van der Waals surface area contributed by atoms with Crippen molar-refractivity contribution in [2.75, 3.05) is 67.5 Å². The number of rotatable bonds is 10. The molecule has 1 atom stereocenters. The number of hydroxylamine groups is 1. The minimum Gasteiger partial charge on any atom is -0.494 e. The Kier molecular flexibility index (Phi) is 9.27. The number of likely N-dealkylation sites (N-methyl/N-ethyl adjacent to an activating group) is 1. The topological polar surface area (TPSA) is 104 Å². The van der Waals surface area contributed by atoms with Gasteiger partial charge in [-0.15, -0.1) is 0 Å². The molecule has 0 spiro atoms. The minimum absolute atomic E-state index is 0.102. The number of carbonyl (C=O) groups is 1. The van der Waals surface area contributed by atoms with Gasteiger partial charge in [0.1, 0.15) is 29.4 Å². The van der Waals surface area contributed by atoms with Gasteiger partial charge < -0.3 is 29.9 Å². The molecule has 2 saturated heterocycles. The molecule has 2 fully saturated rings. The second kappa shape index (κ2) is 13.8. The zero-order valence-corrected chi connectivity index (χ0v) is 25.8. The van der Waals surface area contributed by atoms with Crippen molar-refractivity contribution in [1.82, 2.24) is 14.9 Å². The van der Waals surface area contributed by atoms with E-state index in [4.69, 9.17) is 14.3 Å². The SMILES string of the molecule is C=C(F)C(=O)Nc1cc(Nc2cc(N3OCC[C@@H]3c3cccc(Oc4ccccc4)c3)ncn2)c(OC)cc1N1CCN(C)CC1. The fraction of sp³-hybridized carbons (Fsp3) is 0.265. The van der Waals surface area contributed by atoms with Crippen LogP contribution in [0.3, 0.4) is 0 Å². The van der Waals surface area contributed by atoms with Gasteiger partial charge >= 0.3 is 0 Å². The van der Waals surface area contributed by atoms with Gasteiger partial charge in [-0.1, -0.05) is 36.9 Å². The zero-order chi connectivity index (χ0) is 32.0. The number of methoxy groups -OCH3 is 1. The average molecular weight is 626 g/mol. The molecule has 2 N–H and O–H groups in total. The van der Waals surface area contributed by atoms with E-state index in [1.165, 1.54) is 6.33 Å². The number of para-hydroxylation sites is 1. The third-order valence-electron chi connectivity index (χ3n) is 7.92. The lowest BCUT2D eigenvalue weighted by Gasteiger charge is -2.35. The maximum atomic E-state index is 13.8. The van der Waals surface area contributed by atoms with E-state index in [1.807, 2.05) is 60.7 Å². The number of carbonyl (C=O) groups excluding carboxylic acids is 1. The number of halogens is 1. The standard InChI is InChI=1S/C34H36FN7O4/c1-23(35)34(43)39-27-19-28(31(44-3)20-30(27)41-15-13-40(2)14-16-41)38-32-21-33(37-22-36-32)42-29(12-17-45-42)24-8-7-11-26(18-24)46-25-9-5-4-6-10-25/h4-11,18-22,29H,1,12-17H2,2-3H3,(H,39,43)(H,36,37,38)/t29-/m1/s1. The third kappa shape index (κ3) is 7.03. The molecule has 1 amide bonds. The van der Waals surface area contributed by atoms with E-state index in [0.29, 0.717) is 35.4 Å². The van der Waals surface area contributed by atoms with Crippen LogP contribution in [0.25, 0.3) is 0 Å². The fourth-order valence-corrected chi connectivity index (χ4v) is 5.52.